The quantitative estimate of drug-likeness (QED) is 0.468. The molecule has 1 unspecified atom stereocenters. The van der Waals surface area contributed by atoms with Gasteiger partial charge in [-0.2, -0.15) is 22.0 Å². The Balaban J connectivity index is 3.32. The van der Waals surface area contributed by atoms with Gasteiger partial charge in [0.25, 0.3) is 5.69 Å². The van der Waals surface area contributed by atoms with E-state index in [0.29, 0.717) is 0 Å². The SMILES string of the molecule is COC(C)(CC(F)(F)C(F)(F)F)c1ccccc1[N+](=O)[O-]. The molecule has 0 aliphatic carbocycles. The number of hydrogen-bond donors (Lipinski definition) is 0. The van der Waals surface area contributed by atoms with E-state index in [1.54, 1.807) is 0 Å². The smallest absolute Gasteiger partial charge is 0.373 e. The van der Waals surface area contributed by atoms with Crippen molar-refractivity contribution in [3.8, 4) is 0 Å². The van der Waals surface area contributed by atoms with E-state index in [4.69, 9.17) is 4.74 Å². The lowest BCUT2D eigenvalue weighted by Crippen LogP contribution is -2.43. The van der Waals surface area contributed by atoms with Crippen LogP contribution in [0.4, 0.5) is 27.6 Å². The lowest BCUT2D eigenvalue weighted by molar-refractivity contribution is -0.387. The first-order valence-electron chi connectivity index (χ1n) is 5.68. The van der Waals surface area contributed by atoms with Gasteiger partial charge in [0, 0.05) is 13.2 Å². The fraction of sp³-hybridized carbons (Fsp3) is 0.500. The Morgan fingerprint density at radius 2 is 1.71 bits per heavy atom. The molecule has 1 aromatic carbocycles. The first kappa shape index (κ1) is 17.3. The fourth-order valence-corrected chi connectivity index (χ4v) is 1.88. The van der Waals surface area contributed by atoms with Crippen molar-refractivity contribution in [3.05, 3.63) is 39.9 Å². The molecule has 0 bridgehead atoms. The standard InChI is InChI=1S/C12H12F5NO3/c1-10(21-2,7-11(13,14)12(15,16)17)8-5-3-4-6-9(8)18(19)20/h3-6H,7H2,1-2H3. The van der Waals surface area contributed by atoms with E-state index in [0.717, 1.165) is 26.2 Å². The van der Waals surface area contributed by atoms with Crippen molar-refractivity contribution in [2.24, 2.45) is 0 Å². The molecule has 0 N–H and O–H groups in total. The van der Waals surface area contributed by atoms with Crippen molar-refractivity contribution in [1.82, 2.24) is 0 Å². The van der Waals surface area contributed by atoms with Gasteiger partial charge in [0.05, 0.1) is 16.9 Å². The largest absolute Gasteiger partial charge is 0.453 e. The third kappa shape index (κ3) is 3.46. The van der Waals surface area contributed by atoms with Crippen LogP contribution in [0, 0.1) is 10.1 Å². The Morgan fingerprint density at radius 1 is 1.19 bits per heavy atom. The molecule has 0 aliphatic heterocycles. The van der Waals surface area contributed by atoms with E-state index >= 15 is 0 Å². The third-order valence-electron chi connectivity index (χ3n) is 3.10. The summed E-state index contributed by atoms with van der Waals surface area (Å²) in [4.78, 5) is 10.0. The minimum atomic E-state index is -5.77. The summed E-state index contributed by atoms with van der Waals surface area (Å²) >= 11 is 0. The van der Waals surface area contributed by atoms with Gasteiger partial charge in [-0.25, -0.2) is 0 Å². The Labute approximate surface area is 116 Å². The maximum absolute atomic E-state index is 13.3. The van der Waals surface area contributed by atoms with Crippen molar-refractivity contribution in [3.63, 3.8) is 0 Å². The molecule has 1 atom stereocenters. The van der Waals surface area contributed by atoms with E-state index in [1.807, 2.05) is 0 Å². The van der Waals surface area contributed by atoms with Crippen LogP contribution in [0.1, 0.15) is 18.9 Å². The van der Waals surface area contributed by atoms with Gasteiger partial charge in [0.15, 0.2) is 0 Å². The fourth-order valence-electron chi connectivity index (χ4n) is 1.88. The van der Waals surface area contributed by atoms with Crippen LogP contribution >= 0.6 is 0 Å². The number of alkyl halides is 5. The highest BCUT2D eigenvalue weighted by Crippen LogP contribution is 2.46. The van der Waals surface area contributed by atoms with Crippen molar-refractivity contribution in [2.45, 2.75) is 31.0 Å². The van der Waals surface area contributed by atoms with Crippen LogP contribution in [0.5, 0.6) is 0 Å². The third-order valence-corrected chi connectivity index (χ3v) is 3.10. The summed E-state index contributed by atoms with van der Waals surface area (Å²) in [5.74, 6) is -5.04. The molecule has 0 heterocycles. The number of rotatable bonds is 5. The average Bonchev–Trinajstić information content (AvgIpc) is 2.36. The molecule has 0 amide bonds. The number of benzene rings is 1. The molecule has 9 heteroatoms. The highest BCUT2D eigenvalue weighted by atomic mass is 19.4. The Morgan fingerprint density at radius 3 is 2.14 bits per heavy atom. The van der Waals surface area contributed by atoms with Crippen molar-refractivity contribution >= 4 is 5.69 Å². The zero-order valence-electron chi connectivity index (χ0n) is 11.1. The molecule has 0 spiro atoms. The van der Waals surface area contributed by atoms with Gasteiger partial charge in [-0.1, -0.05) is 12.1 Å². The lowest BCUT2D eigenvalue weighted by atomic mass is 9.88. The monoisotopic (exact) mass is 313 g/mol. The molecule has 21 heavy (non-hydrogen) atoms. The molecule has 1 aromatic rings. The van der Waals surface area contributed by atoms with Crippen molar-refractivity contribution in [1.29, 1.82) is 0 Å². The Kier molecular flexibility index (Phi) is 4.57. The second kappa shape index (κ2) is 5.55. The number of hydrogen-bond acceptors (Lipinski definition) is 3. The zero-order valence-corrected chi connectivity index (χ0v) is 11.1. The summed E-state index contributed by atoms with van der Waals surface area (Å²) in [6.07, 6.45) is -7.53. The molecule has 1 rings (SSSR count). The first-order chi connectivity index (χ1) is 9.44. The van der Waals surface area contributed by atoms with Crippen LogP contribution in [-0.2, 0) is 10.3 Å². The molecule has 0 saturated carbocycles. The van der Waals surface area contributed by atoms with Crippen LogP contribution in [0.25, 0.3) is 0 Å². The van der Waals surface area contributed by atoms with Gasteiger partial charge in [-0.05, 0) is 13.0 Å². The lowest BCUT2D eigenvalue weighted by Gasteiger charge is -2.32. The minimum absolute atomic E-state index is 0.346. The van der Waals surface area contributed by atoms with Crippen molar-refractivity contribution < 1.29 is 31.6 Å². The topological polar surface area (TPSA) is 52.4 Å². The zero-order chi connectivity index (χ0) is 16.5. The average molecular weight is 313 g/mol. The molecule has 0 radical (unpaired) electrons. The van der Waals surface area contributed by atoms with E-state index in [9.17, 15) is 32.1 Å². The summed E-state index contributed by atoms with van der Waals surface area (Å²) in [5.41, 5.74) is -3.09. The number of nitro benzene ring substituents is 1. The van der Waals surface area contributed by atoms with Crippen LogP contribution in [0.15, 0.2) is 24.3 Å². The second-order valence-corrected chi connectivity index (χ2v) is 4.59. The molecule has 0 fully saturated rings. The molecular weight excluding hydrogens is 301 g/mol. The van der Waals surface area contributed by atoms with Crippen LogP contribution in [0.3, 0.4) is 0 Å². The van der Waals surface area contributed by atoms with E-state index < -0.39 is 34.7 Å². The van der Waals surface area contributed by atoms with Gasteiger partial charge in [-0.15, -0.1) is 0 Å². The van der Waals surface area contributed by atoms with Gasteiger partial charge in [0.1, 0.15) is 5.60 Å². The van der Waals surface area contributed by atoms with Crippen molar-refractivity contribution in [2.75, 3.05) is 7.11 Å². The van der Waals surface area contributed by atoms with Gasteiger partial charge < -0.3 is 4.74 Å². The van der Waals surface area contributed by atoms with Gasteiger partial charge >= 0.3 is 12.1 Å². The molecule has 0 saturated heterocycles. The number of para-hydroxylation sites is 1. The predicted molar refractivity (Wildman–Crippen MR) is 63.1 cm³/mol. The maximum atomic E-state index is 13.3. The normalized spacial score (nSPS) is 15.6. The maximum Gasteiger partial charge on any atom is 0.453 e. The van der Waals surface area contributed by atoms with E-state index in [2.05, 4.69) is 0 Å². The number of nitro groups is 1. The van der Waals surface area contributed by atoms with Gasteiger partial charge in [-0.3, -0.25) is 10.1 Å². The summed E-state index contributed by atoms with van der Waals surface area (Å²) < 4.78 is 68.3. The molecule has 0 aromatic heterocycles. The highest BCUT2D eigenvalue weighted by molar-refractivity contribution is 5.43. The second-order valence-electron chi connectivity index (χ2n) is 4.59. The summed E-state index contributed by atoms with van der Waals surface area (Å²) in [6, 6.07) is 4.68. The highest BCUT2D eigenvalue weighted by Gasteiger charge is 2.60. The summed E-state index contributed by atoms with van der Waals surface area (Å²) in [7, 11) is 0.920. The molecule has 4 nitrogen and oxygen atoms in total. The number of ether oxygens (including phenoxy) is 1. The van der Waals surface area contributed by atoms with Crippen LogP contribution in [0.2, 0.25) is 0 Å². The Hall–Kier alpha value is -1.77. The summed E-state index contributed by atoms with van der Waals surface area (Å²) in [6.45, 7) is 0.953. The first-order valence-corrected chi connectivity index (χ1v) is 5.68. The Bertz CT molecular complexity index is 532. The minimum Gasteiger partial charge on any atom is -0.373 e. The molecule has 118 valence electrons. The number of nitrogens with zero attached hydrogens (tertiary/aromatic N) is 1. The summed E-state index contributed by atoms with van der Waals surface area (Å²) in [5, 5.41) is 10.9. The molecule has 0 aliphatic rings. The predicted octanol–water partition coefficient (Wildman–Crippen LogP) is 4.04. The van der Waals surface area contributed by atoms with E-state index in [1.165, 1.54) is 12.1 Å². The van der Waals surface area contributed by atoms with Crippen LogP contribution in [-0.4, -0.2) is 24.1 Å². The van der Waals surface area contributed by atoms with Gasteiger partial charge in [0.2, 0.25) is 0 Å². The van der Waals surface area contributed by atoms with Crippen LogP contribution < -0.4 is 0 Å². The molecular formula is C12H12F5NO3. The number of methoxy groups -OCH3 is 1. The van der Waals surface area contributed by atoms with E-state index in [-0.39, 0.29) is 5.56 Å². The number of halogens is 5.